The van der Waals surface area contributed by atoms with Gasteiger partial charge in [-0.3, -0.25) is 4.90 Å². The zero-order valence-corrected chi connectivity index (χ0v) is 11.0. The standard InChI is InChI=1S/C11H17N3O2S/c1-3-5-14-6-4-9-7-12-11(17(2,15)16)13-10(9)8-14/h7H,3-6,8H2,1-2H3. The van der Waals surface area contributed by atoms with E-state index in [-0.39, 0.29) is 5.16 Å². The number of sulfone groups is 1. The summed E-state index contributed by atoms with van der Waals surface area (Å²) in [6, 6.07) is 0. The third kappa shape index (κ3) is 2.81. The van der Waals surface area contributed by atoms with Gasteiger partial charge in [0.1, 0.15) is 0 Å². The number of hydrogen-bond donors (Lipinski definition) is 0. The van der Waals surface area contributed by atoms with E-state index >= 15 is 0 Å². The van der Waals surface area contributed by atoms with Crippen LogP contribution < -0.4 is 0 Å². The molecule has 0 radical (unpaired) electrons. The average molecular weight is 255 g/mol. The summed E-state index contributed by atoms with van der Waals surface area (Å²) in [5, 5.41) is -0.0606. The molecule has 5 nitrogen and oxygen atoms in total. The molecule has 1 aromatic heterocycles. The van der Waals surface area contributed by atoms with Crippen LogP contribution in [0.5, 0.6) is 0 Å². The van der Waals surface area contributed by atoms with Crippen LogP contribution in [0.2, 0.25) is 0 Å². The number of aromatic nitrogens is 2. The van der Waals surface area contributed by atoms with Crippen molar-refractivity contribution < 1.29 is 8.42 Å². The van der Waals surface area contributed by atoms with Crippen molar-refractivity contribution in [2.75, 3.05) is 19.3 Å². The van der Waals surface area contributed by atoms with Crippen molar-refractivity contribution in [3.8, 4) is 0 Å². The predicted octanol–water partition coefficient (Wildman–Crippen LogP) is 0.648. The Morgan fingerprint density at radius 3 is 2.88 bits per heavy atom. The molecule has 1 aromatic rings. The third-order valence-electron chi connectivity index (χ3n) is 2.87. The summed E-state index contributed by atoms with van der Waals surface area (Å²) in [4.78, 5) is 10.4. The maximum absolute atomic E-state index is 11.4. The first-order valence-electron chi connectivity index (χ1n) is 5.78. The molecule has 0 aromatic carbocycles. The highest BCUT2D eigenvalue weighted by molar-refractivity contribution is 7.90. The summed E-state index contributed by atoms with van der Waals surface area (Å²) in [5.41, 5.74) is 1.94. The van der Waals surface area contributed by atoms with E-state index in [4.69, 9.17) is 0 Å². The van der Waals surface area contributed by atoms with Crippen LogP contribution in [0.4, 0.5) is 0 Å². The maximum atomic E-state index is 11.4. The predicted molar refractivity (Wildman–Crippen MR) is 64.4 cm³/mol. The molecule has 2 rings (SSSR count). The molecule has 1 aliphatic heterocycles. The van der Waals surface area contributed by atoms with Crippen molar-refractivity contribution in [2.24, 2.45) is 0 Å². The molecule has 0 aliphatic carbocycles. The Balaban J connectivity index is 2.29. The number of nitrogens with zero attached hydrogens (tertiary/aromatic N) is 3. The lowest BCUT2D eigenvalue weighted by molar-refractivity contribution is 0.249. The molecule has 0 fully saturated rings. The SMILES string of the molecule is CCCN1CCc2cnc(S(C)(=O)=O)nc2C1. The maximum Gasteiger partial charge on any atom is 0.247 e. The van der Waals surface area contributed by atoms with E-state index in [1.54, 1.807) is 6.20 Å². The zero-order chi connectivity index (χ0) is 12.5. The first-order valence-corrected chi connectivity index (χ1v) is 7.67. The van der Waals surface area contributed by atoms with E-state index in [2.05, 4.69) is 21.8 Å². The molecule has 0 saturated carbocycles. The molecular formula is C11H17N3O2S. The van der Waals surface area contributed by atoms with E-state index in [1.807, 2.05) is 0 Å². The Morgan fingerprint density at radius 1 is 1.47 bits per heavy atom. The topological polar surface area (TPSA) is 63.2 Å². The van der Waals surface area contributed by atoms with Gasteiger partial charge in [-0.2, -0.15) is 0 Å². The molecular weight excluding hydrogens is 238 g/mol. The van der Waals surface area contributed by atoms with Crippen LogP contribution in [-0.2, 0) is 22.8 Å². The van der Waals surface area contributed by atoms with Crippen molar-refractivity contribution in [1.29, 1.82) is 0 Å². The van der Waals surface area contributed by atoms with Gasteiger partial charge in [-0.15, -0.1) is 0 Å². The van der Waals surface area contributed by atoms with Gasteiger partial charge in [-0.1, -0.05) is 6.92 Å². The number of rotatable bonds is 3. The summed E-state index contributed by atoms with van der Waals surface area (Å²) in [5.74, 6) is 0. The van der Waals surface area contributed by atoms with Crippen LogP contribution >= 0.6 is 0 Å². The molecule has 0 spiro atoms. The molecule has 1 aliphatic rings. The van der Waals surface area contributed by atoms with Crippen molar-refractivity contribution in [3.63, 3.8) is 0 Å². The fraction of sp³-hybridized carbons (Fsp3) is 0.636. The summed E-state index contributed by atoms with van der Waals surface area (Å²) in [7, 11) is -3.31. The van der Waals surface area contributed by atoms with Gasteiger partial charge >= 0.3 is 0 Å². The molecule has 0 amide bonds. The van der Waals surface area contributed by atoms with Gasteiger partial charge in [0.2, 0.25) is 15.0 Å². The Hall–Kier alpha value is -1.01. The van der Waals surface area contributed by atoms with Crippen LogP contribution in [0.1, 0.15) is 24.6 Å². The van der Waals surface area contributed by atoms with E-state index in [1.165, 1.54) is 0 Å². The highest BCUT2D eigenvalue weighted by atomic mass is 32.2. The van der Waals surface area contributed by atoms with Gasteiger partial charge in [-0.05, 0) is 24.9 Å². The fourth-order valence-electron chi connectivity index (χ4n) is 2.02. The van der Waals surface area contributed by atoms with Gasteiger partial charge in [0.25, 0.3) is 0 Å². The minimum atomic E-state index is -3.31. The van der Waals surface area contributed by atoms with Gasteiger partial charge in [0.05, 0.1) is 5.69 Å². The Bertz CT molecular complexity index is 513. The third-order valence-corrected chi connectivity index (χ3v) is 3.73. The molecule has 0 N–H and O–H groups in total. The van der Waals surface area contributed by atoms with E-state index in [9.17, 15) is 8.42 Å². The Morgan fingerprint density at radius 2 is 2.24 bits per heavy atom. The summed E-state index contributed by atoms with van der Waals surface area (Å²) in [6.45, 7) is 4.89. The van der Waals surface area contributed by atoms with Gasteiger partial charge < -0.3 is 0 Å². The van der Waals surface area contributed by atoms with Gasteiger partial charge in [0.15, 0.2) is 0 Å². The fourth-order valence-corrected chi connectivity index (χ4v) is 2.54. The lowest BCUT2D eigenvalue weighted by atomic mass is 10.1. The van der Waals surface area contributed by atoms with Gasteiger partial charge in [0, 0.05) is 25.5 Å². The molecule has 0 unspecified atom stereocenters. The molecule has 2 heterocycles. The second-order valence-corrected chi connectivity index (χ2v) is 6.33. The van der Waals surface area contributed by atoms with Crippen LogP contribution in [0, 0.1) is 0 Å². The minimum Gasteiger partial charge on any atom is -0.297 e. The average Bonchev–Trinajstić information content (AvgIpc) is 2.27. The molecule has 17 heavy (non-hydrogen) atoms. The number of hydrogen-bond acceptors (Lipinski definition) is 5. The van der Waals surface area contributed by atoms with Crippen LogP contribution in [0.15, 0.2) is 11.4 Å². The van der Waals surface area contributed by atoms with E-state index in [0.29, 0.717) is 0 Å². The lowest BCUT2D eigenvalue weighted by Crippen LogP contribution is -2.32. The smallest absolute Gasteiger partial charge is 0.247 e. The Labute approximate surface area is 102 Å². The second kappa shape index (κ2) is 4.70. The quantitative estimate of drug-likeness (QED) is 0.742. The van der Waals surface area contributed by atoms with Crippen LogP contribution in [-0.4, -0.2) is 42.6 Å². The van der Waals surface area contributed by atoms with E-state index < -0.39 is 9.84 Å². The van der Waals surface area contributed by atoms with Crippen LogP contribution in [0.25, 0.3) is 0 Å². The van der Waals surface area contributed by atoms with Crippen molar-refractivity contribution in [1.82, 2.24) is 14.9 Å². The Kier molecular flexibility index (Phi) is 3.44. The normalized spacial score (nSPS) is 16.8. The first kappa shape index (κ1) is 12.4. The molecule has 6 heteroatoms. The second-order valence-electron chi connectivity index (χ2n) is 4.42. The molecule has 94 valence electrons. The highest BCUT2D eigenvalue weighted by Gasteiger charge is 2.20. The van der Waals surface area contributed by atoms with Crippen molar-refractivity contribution in [2.45, 2.75) is 31.5 Å². The lowest BCUT2D eigenvalue weighted by Gasteiger charge is -2.27. The minimum absolute atomic E-state index is 0.0606. The number of fused-ring (bicyclic) bond motifs is 1. The highest BCUT2D eigenvalue weighted by Crippen LogP contribution is 2.17. The van der Waals surface area contributed by atoms with Crippen molar-refractivity contribution in [3.05, 3.63) is 17.5 Å². The van der Waals surface area contributed by atoms with Crippen LogP contribution in [0.3, 0.4) is 0 Å². The molecule has 0 bridgehead atoms. The largest absolute Gasteiger partial charge is 0.297 e. The molecule has 0 saturated heterocycles. The first-order chi connectivity index (χ1) is 8.00. The summed E-state index contributed by atoms with van der Waals surface area (Å²) in [6.07, 6.45) is 4.79. The molecule has 0 atom stereocenters. The van der Waals surface area contributed by atoms with Gasteiger partial charge in [-0.25, -0.2) is 18.4 Å². The zero-order valence-electron chi connectivity index (χ0n) is 10.2. The summed E-state index contributed by atoms with van der Waals surface area (Å²) < 4.78 is 22.8. The van der Waals surface area contributed by atoms with Crippen molar-refractivity contribution >= 4 is 9.84 Å². The van der Waals surface area contributed by atoms with E-state index in [0.717, 1.165) is 50.0 Å². The summed E-state index contributed by atoms with van der Waals surface area (Å²) >= 11 is 0. The monoisotopic (exact) mass is 255 g/mol.